The van der Waals surface area contributed by atoms with Crippen LogP contribution in [0.2, 0.25) is 3.48 Å². The summed E-state index contributed by atoms with van der Waals surface area (Å²) in [6.07, 6.45) is 0.335. The predicted octanol–water partition coefficient (Wildman–Crippen LogP) is -0.162. The van der Waals surface area contributed by atoms with Gasteiger partial charge in [-0.15, -0.1) is 0 Å². The first-order chi connectivity index (χ1) is 8.93. The maximum absolute atomic E-state index is 11.6. The van der Waals surface area contributed by atoms with Crippen molar-refractivity contribution < 1.29 is 23.9 Å². The van der Waals surface area contributed by atoms with Crippen molar-refractivity contribution in [3.05, 3.63) is 12.2 Å². The van der Waals surface area contributed by atoms with E-state index < -0.39 is 5.97 Å². The first-order valence-electron chi connectivity index (χ1n) is 5.89. The number of carbonyl (C=O) groups is 3. The van der Waals surface area contributed by atoms with Gasteiger partial charge in [0, 0.05) is 0 Å². The summed E-state index contributed by atoms with van der Waals surface area (Å²) in [7, 11) is 0. The van der Waals surface area contributed by atoms with E-state index in [9.17, 15) is 14.4 Å². The Hall–Kier alpha value is -0.768. The Balaban J connectivity index is 2.12. The Morgan fingerprint density at radius 1 is 1.42 bits per heavy atom. The molecule has 1 aliphatic rings. The zero-order valence-electron chi connectivity index (χ0n) is 10.8. The van der Waals surface area contributed by atoms with Gasteiger partial charge in [0.25, 0.3) is 0 Å². The number of amides is 2. The molecule has 1 heterocycles. The molecule has 19 heavy (non-hydrogen) atoms. The van der Waals surface area contributed by atoms with Crippen LogP contribution in [0.25, 0.3) is 0 Å². The molecule has 0 aromatic heterocycles. The summed E-state index contributed by atoms with van der Waals surface area (Å²) in [5.74, 6) is -0.663. The molecule has 6 nitrogen and oxygen atoms in total. The van der Waals surface area contributed by atoms with E-state index in [1.807, 2.05) is 0 Å². The van der Waals surface area contributed by atoms with Gasteiger partial charge in [-0.1, -0.05) is 0 Å². The molecule has 0 aliphatic carbocycles. The molecule has 7 heteroatoms. The van der Waals surface area contributed by atoms with Crippen LogP contribution in [0.15, 0.2) is 12.2 Å². The Labute approximate surface area is 127 Å². The van der Waals surface area contributed by atoms with Crippen molar-refractivity contribution in [1.29, 1.82) is 0 Å². The quantitative estimate of drug-likeness (QED) is 0.173. The van der Waals surface area contributed by atoms with Crippen LogP contribution >= 0.6 is 0 Å². The number of hydrogen-bond acceptors (Lipinski definition) is 5. The van der Waals surface area contributed by atoms with E-state index in [4.69, 9.17) is 9.47 Å². The van der Waals surface area contributed by atoms with Gasteiger partial charge in [-0.3, -0.25) is 0 Å². The fraction of sp³-hybridized carbons (Fsp3) is 0.583. The second-order valence-electron chi connectivity index (χ2n) is 4.17. The van der Waals surface area contributed by atoms with Crippen molar-refractivity contribution >= 4 is 43.6 Å². The summed E-state index contributed by atoms with van der Waals surface area (Å²) in [6.45, 7) is 5.92. The average molecular weight is 461 g/mol. The number of rotatable bonds is 7. The molecule has 1 saturated heterocycles. The Bertz CT molecular complexity index is 396. The van der Waals surface area contributed by atoms with Gasteiger partial charge in [0.1, 0.15) is 0 Å². The molecule has 1 unspecified atom stereocenters. The van der Waals surface area contributed by atoms with Crippen LogP contribution in [0.3, 0.4) is 0 Å². The minimum atomic E-state index is -0.452. The van der Waals surface area contributed by atoms with Crippen molar-refractivity contribution in [2.45, 2.75) is 16.8 Å². The Morgan fingerprint density at radius 3 is 2.63 bits per heavy atom. The van der Waals surface area contributed by atoms with E-state index >= 15 is 0 Å². The standard InChI is InChI=1S/C12H16NO5.Pb/c1-9(2)12(16)18-8-7-17-6-5-13-10(14)3-4-11(13)15;/h3H,1,4-8H2,2H3;. The summed E-state index contributed by atoms with van der Waals surface area (Å²) in [4.78, 5) is 35.4. The first-order valence-corrected chi connectivity index (χ1v) is 8.13. The molecular formula is C12H16NO5Pb. The summed E-state index contributed by atoms with van der Waals surface area (Å²) in [5, 5.41) is 0. The summed E-state index contributed by atoms with van der Waals surface area (Å²) < 4.78 is 9.95. The molecule has 0 bridgehead atoms. The molecular weight excluding hydrogens is 445 g/mol. The zero-order chi connectivity index (χ0) is 14.4. The molecule has 0 N–H and O–H groups in total. The third kappa shape index (κ3) is 5.02. The van der Waals surface area contributed by atoms with Gasteiger partial charge in [0.15, 0.2) is 0 Å². The summed E-state index contributed by atoms with van der Waals surface area (Å²) >= 11 is 0.701. The molecule has 1 fully saturated rings. The molecule has 3 radical (unpaired) electrons. The van der Waals surface area contributed by atoms with Crippen molar-refractivity contribution in [3.63, 3.8) is 0 Å². The minimum absolute atomic E-state index is 0.0889. The molecule has 0 aromatic rings. The fourth-order valence-electron chi connectivity index (χ4n) is 1.49. The van der Waals surface area contributed by atoms with Crippen LogP contribution in [-0.4, -0.2) is 74.8 Å². The van der Waals surface area contributed by atoms with Crippen molar-refractivity contribution in [2.75, 3.05) is 26.4 Å². The number of likely N-dealkylation sites (tertiary alicyclic amines) is 1. The molecule has 103 valence electrons. The summed E-state index contributed by atoms with van der Waals surface area (Å²) in [5.41, 5.74) is 0.339. The number of imide groups is 1. The SMILES string of the molecule is C=C(C)C(=O)OCCOCCN1C(=O)C[CH]([Pb])C1=O. The van der Waals surface area contributed by atoms with E-state index in [0.29, 0.717) is 37.8 Å². The van der Waals surface area contributed by atoms with E-state index in [0.717, 1.165) is 0 Å². The fourth-order valence-corrected chi connectivity index (χ4v) is 2.78. The maximum atomic E-state index is 11.6. The number of ether oxygens (including phenoxy) is 2. The zero-order valence-corrected chi connectivity index (χ0v) is 14.7. The van der Waals surface area contributed by atoms with Gasteiger partial charge in [-0.05, 0) is 0 Å². The van der Waals surface area contributed by atoms with E-state index in [2.05, 4.69) is 6.58 Å². The Morgan fingerprint density at radius 2 is 2.11 bits per heavy atom. The van der Waals surface area contributed by atoms with E-state index in [-0.39, 0.29) is 41.7 Å². The van der Waals surface area contributed by atoms with Crippen LogP contribution in [0, 0.1) is 0 Å². The number of nitrogens with zero attached hydrogens (tertiary/aromatic N) is 1. The first kappa shape index (κ1) is 16.3. The summed E-state index contributed by atoms with van der Waals surface area (Å²) in [6, 6.07) is 0. The van der Waals surface area contributed by atoms with Gasteiger partial charge < -0.3 is 0 Å². The predicted molar refractivity (Wildman–Crippen MR) is 67.4 cm³/mol. The molecule has 2 amide bonds. The molecule has 1 aliphatic heterocycles. The van der Waals surface area contributed by atoms with Gasteiger partial charge in [-0.25, -0.2) is 0 Å². The van der Waals surface area contributed by atoms with Crippen LogP contribution in [-0.2, 0) is 23.9 Å². The monoisotopic (exact) mass is 462 g/mol. The number of esters is 1. The molecule has 0 aromatic carbocycles. The number of carbonyl (C=O) groups excluding carboxylic acids is 3. The van der Waals surface area contributed by atoms with Crippen LogP contribution in [0.1, 0.15) is 13.3 Å². The second-order valence-corrected chi connectivity index (χ2v) is 6.88. The van der Waals surface area contributed by atoms with Gasteiger partial charge in [0.05, 0.1) is 0 Å². The van der Waals surface area contributed by atoms with Crippen LogP contribution in [0.5, 0.6) is 0 Å². The van der Waals surface area contributed by atoms with Crippen LogP contribution < -0.4 is 0 Å². The molecule has 1 rings (SSSR count). The third-order valence-electron chi connectivity index (χ3n) is 2.51. The Kier molecular flexibility index (Phi) is 6.63. The van der Waals surface area contributed by atoms with Gasteiger partial charge in [0.2, 0.25) is 0 Å². The molecule has 0 spiro atoms. The number of hydrogen-bond donors (Lipinski definition) is 0. The van der Waals surface area contributed by atoms with Gasteiger partial charge in [-0.2, -0.15) is 0 Å². The normalized spacial score (nSPS) is 18.8. The van der Waals surface area contributed by atoms with E-state index in [1.165, 1.54) is 4.90 Å². The van der Waals surface area contributed by atoms with Crippen molar-refractivity contribution in [1.82, 2.24) is 4.90 Å². The van der Waals surface area contributed by atoms with E-state index in [1.54, 1.807) is 6.92 Å². The van der Waals surface area contributed by atoms with Gasteiger partial charge >= 0.3 is 128 Å². The second kappa shape index (κ2) is 7.73. The molecule has 0 saturated carbocycles. The average Bonchev–Trinajstić information content (AvgIpc) is 2.58. The van der Waals surface area contributed by atoms with Crippen molar-refractivity contribution in [2.24, 2.45) is 0 Å². The van der Waals surface area contributed by atoms with Crippen molar-refractivity contribution in [3.8, 4) is 0 Å². The topological polar surface area (TPSA) is 72.9 Å². The van der Waals surface area contributed by atoms with Crippen LogP contribution in [0.4, 0.5) is 0 Å². The molecule has 1 atom stereocenters. The third-order valence-corrected chi connectivity index (χ3v) is 4.27.